The van der Waals surface area contributed by atoms with Crippen molar-refractivity contribution in [1.29, 1.82) is 0 Å². The summed E-state index contributed by atoms with van der Waals surface area (Å²) in [4.78, 5) is 17.8. The van der Waals surface area contributed by atoms with E-state index in [1.54, 1.807) is 18.4 Å². The smallest absolute Gasteiger partial charge is 0.264 e. The van der Waals surface area contributed by atoms with Crippen LogP contribution in [0.2, 0.25) is 0 Å². The Balaban J connectivity index is 1.58. The molecule has 0 N–H and O–H groups in total. The zero-order valence-corrected chi connectivity index (χ0v) is 16.1. The van der Waals surface area contributed by atoms with E-state index >= 15 is 0 Å². The van der Waals surface area contributed by atoms with Gasteiger partial charge in [-0.25, -0.2) is 0 Å². The number of amides is 1. The minimum absolute atomic E-state index is 0.162. The molecule has 1 saturated heterocycles. The number of nitrogens with zero attached hydrogens (tertiary/aromatic N) is 2. The highest BCUT2D eigenvalue weighted by Crippen LogP contribution is 2.22. The van der Waals surface area contributed by atoms with Gasteiger partial charge < -0.3 is 14.5 Å². The fraction of sp³-hybridized carbons (Fsp3) is 0.389. The quantitative estimate of drug-likeness (QED) is 0.707. The van der Waals surface area contributed by atoms with Crippen LogP contribution in [0.3, 0.4) is 0 Å². The van der Waals surface area contributed by atoms with E-state index in [1.165, 1.54) is 11.3 Å². The molecule has 2 heterocycles. The molecule has 0 aliphatic carbocycles. The molecule has 2 aromatic rings. The molecule has 0 spiro atoms. The van der Waals surface area contributed by atoms with Crippen LogP contribution in [0.25, 0.3) is 0 Å². The van der Waals surface area contributed by atoms with Gasteiger partial charge in [0.05, 0.1) is 12.0 Å². The molecule has 1 amide bonds. The van der Waals surface area contributed by atoms with Gasteiger partial charge in [0.2, 0.25) is 0 Å². The lowest BCUT2D eigenvalue weighted by Gasteiger charge is -2.36. The van der Waals surface area contributed by atoms with Crippen molar-refractivity contribution < 1.29 is 9.53 Å². The minimum Gasteiger partial charge on any atom is -0.497 e. The Bertz CT molecular complexity index is 679. The summed E-state index contributed by atoms with van der Waals surface area (Å²) in [5, 5.41) is 3.01. The number of methoxy groups -OCH3 is 1. The van der Waals surface area contributed by atoms with Gasteiger partial charge in [-0.05, 0) is 47.7 Å². The van der Waals surface area contributed by atoms with E-state index in [4.69, 9.17) is 4.74 Å². The van der Waals surface area contributed by atoms with E-state index < -0.39 is 0 Å². The number of piperazine rings is 1. The molecule has 1 aromatic heterocycles. The number of carbonyl (C=O) groups excluding carboxylic acids is 1. The zero-order valence-electron chi connectivity index (χ0n) is 13.7. The Labute approximate surface area is 155 Å². The van der Waals surface area contributed by atoms with Crippen LogP contribution in [0, 0.1) is 0 Å². The van der Waals surface area contributed by atoms with Gasteiger partial charge in [0.1, 0.15) is 5.75 Å². The molecular formula is C18H21BrN2O2S. The Morgan fingerprint density at radius 3 is 2.54 bits per heavy atom. The number of thiophene rings is 1. The summed E-state index contributed by atoms with van der Waals surface area (Å²) in [6.07, 6.45) is 0.967. The molecule has 0 bridgehead atoms. The van der Waals surface area contributed by atoms with Gasteiger partial charge in [-0.1, -0.05) is 15.9 Å². The number of anilines is 1. The van der Waals surface area contributed by atoms with Crippen molar-refractivity contribution in [3.63, 3.8) is 0 Å². The van der Waals surface area contributed by atoms with Gasteiger partial charge in [0, 0.05) is 37.2 Å². The molecule has 0 atom stereocenters. The molecule has 24 heavy (non-hydrogen) atoms. The largest absolute Gasteiger partial charge is 0.497 e. The maximum absolute atomic E-state index is 12.6. The summed E-state index contributed by atoms with van der Waals surface area (Å²) in [5.74, 6) is 1.03. The van der Waals surface area contributed by atoms with Crippen molar-refractivity contribution in [3.8, 4) is 5.75 Å². The summed E-state index contributed by atoms with van der Waals surface area (Å²) in [7, 11) is 1.67. The highest BCUT2D eigenvalue weighted by atomic mass is 79.9. The van der Waals surface area contributed by atoms with E-state index in [0.717, 1.165) is 48.6 Å². The number of alkyl halides is 1. The van der Waals surface area contributed by atoms with Crippen LogP contribution in [0.5, 0.6) is 5.75 Å². The lowest BCUT2D eigenvalue weighted by molar-refractivity contribution is 0.0751. The Kier molecular flexibility index (Phi) is 5.79. The first kappa shape index (κ1) is 17.3. The van der Waals surface area contributed by atoms with Gasteiger partial charge in [-0.15, -0.1) is 11.3 Å². The normalized spacial score (nSPS) is 14.8. The van der Waals surface area contributed by atoms with Gasteiger partial charge in [0.15, 0.2) is 0 Å². The molecule has 6 heteroatoms. The van der Waals surface area contributed by atoms with Crippen molar-refractivity contribution in [2.45, 2.75) is 6.42 Å². The third-order valence-corrected chi connectivity index (χ3v) is 5.62. The first-order valence-electron chi connectivity index (χ1n) is 8.03. The molecule has 1 aliphatic heterocycles. The number of halogens is 1. The monoisotopic (exact) mass is 408 g/mol. The van der Waals surface area contributed by atoms with Crippen molar-refractivity contribution in [2.24, 2.45) is 0 Å². The van der Waals surface area contributed by atoms with E-state index in [9.17, 15) is 4.79 Å². The summed E-state index contributed by atoms with van der Waals surface area (Å²) >= 11 is 5.00. The summed E-state index contributed by atoms with van der Waals surface area (Å²) in [6.45, 7) is 3.24. The predicted molar refractivity (Wildman–Crippen MR) is 103 cm³/mol. The van der Waals surface area contributed by atoms with Crippen LogP contribution in [0.1, 0.15) is 15.2 Å². The van der Waals surface area contributed by atoms with Crippen molar-refractivity contribution in [1.82, 2.24) is 4.90 Å². The SMILES string of the molecule is COc1ccc(N2CCN(C(=O)c3cc(CCBr)cs3)CC2)cc1. The number of aryl methyl sites for hydroxylation is 1. The number of rotatable bonds is 5. The topological polar surface area (TPSA) is 32.8 Å². The molecule has 0 radical (unpaired) electrons. The Morgan fingerprint density at radius 2 is 1.92 bits per heavy atom. The van der Waals surface area contributed by atoms with Gasteiger partial charge in [0.25, 0.3) is 5.91 Å². The van der Waals surface area contributed by atoms with Gasteiger partial charge in [-0.2, -0.15) is 0 Å². The highest BCUT2D eigenvalue weighted by molar-refractivity contribution is 9.09. The minimum atomic E-state index is 0.162. The van der Waals surface area contributed by atoms with Gasteiger partial charge in [-0.3, -0.25) is 4.79 Å². The first-order valence-corrected chi connectivity index (χ1v) is 10.0. The van der Waals surface area contributed by atoms with Crippen LogP contribution < -0.4 is 9.64 Å². The van der Waals surface area contributed by atoms with Crippen molar-refractivity contribution >= 4 is 38.9 Å². The van der Waals surface area contributed by atoms with Crippen LogP contribution in [-0.4, -0.2) is 49.4 Å². The van der Waals surface area contributed by atoms with E-state index in [2.05, 4.69) is 38.3 Å². The molecule has 0 unspecified atom stereocenters. The van der Waals surface area contributed by atoms with Crippen molar-refractivity contribution in [3.05, 3.63) is 46.2 Å². The highest BCUT2D eigenvalue weighted by Gasteiger charge is 2.23. The number of hydrogen-bond acceptors (Lipinski definition) is 4. The maximum Gasteiger partial charge on any atom is 0.264 e. The zero-order chi connectivity index (χ0) is 16.9. The second-order valence-corrected chi connectivity index (χ2v) is 7.44. The fourth-order valence-electron chi connectivity index (χ4n) is 2.84. The molecule has 1 aromatic carbocycles. The molecule has 3 rings (SSSR count). The van der Waals surface area contributed by atoms with Crippen LogP contribution in [0.4, 0.5) is 5.69 Å². The molecule has 1 aliphatic rings. The number of carbonyl (C=O) groups is 1. The van der Waals surface area contributed by atoms with Crippen molar-refractivity contribution in [2.75, 3.05) is 43.5 Å². The van der Waals surface area contributed by atoms with Crippen LogP contribution in [-0.2, 0) is 6.42 Å². The lowest BCUT2D eigenvalue weighted by atomic mass is 10.2. The molecule has 4 nitrogen and oxygen atoms in total. The van der Waals surface area contributed by atoms with E-state index in [-0.39, 0.29) is 5.91 Å². The third-order valence-electron chi connectivity index (χ3n) is 4.25. The predicted octanol–water partition coefficient (Wildman–Crippen LogP) is 3.66. The second-order valence-electron chi connectivity index (χ2n) is 5.74. The fourth-order valence-corrected chi connectivity index (χ4v) is 4.22. The summed E-state index contributed by atoms with van der Waals surface area (Å²) in [6, 6.07) is 10.1. The van der Waals surface area contributed by atoms with Crippen LogP contribution in [0.15, 0.2) is 35.7 Å². The summed E-state index contributed by atoms with van der Waals surface area (Å²) in [5.41, 5.74) is 2.41. The number of benzene rings is 1. The number of hydrogen-bond donors (Lipinski definition) is 0. The van der Waals surface area contributed by atoms with Crippen LogP contribution >= 0.6 is 27.3 Å². The first-order chi connectivity index (χ1) is 11.7. The lowest BCUT2D eigenvalue weighted by Crippen LogP contribution is -2.48. The van der Waals surface area contributed by atoms with Gasteiger partial charge >= 0.3 is 0 Å². The maximum atomic E-state index is 12.6. The third kappa shape index (κ3) is 3.92. The van der Waals surface area contributed by atoms with E-state index in [0.29, 0.717) is 0 Å². The average Bonchev–Trinajstić information content (AvgIpc) is 3.10. The Morgan fingerprint density at radius 1 is 1.21 bits per heavy atom. The van der Waals surface area contributed by atoms with E-state index in [1.807, 2.05) is 23.1 Å². The summed E-state index contributed by atoms with van der Waals surface area (Å²) < 4.78 is 5.20. The Hall–Kier alpha value is -1.53. The molecule has 1 fully saturated rings. The standard InChI is InChI=1S/C18H21BrN2O2S/c1-23-16-4-2-15(3-5-16)20-8-10-21(11-9-20)18(22)17-12-14(6-7-19)13-24-17/h2-5,12-13H,6-11H2,1H3. The molecule has 0 saturated carbocycles. The second kappa shape index (κ2) is 8.03. The molecular weight excluding hydrogens is 388 g/mol. The molecule has 128 valence electrons. The number of ether oxygens (including phenoxy) is 1. The average molecular weight is 409 g/mol.